The summed E-state index contributed by atoms with van der Waals surface area (Å²) >= 11 is 0. The number of amides is 2. The number of carbonyl (C=O) groups excluding carboxylic acids is 2. The molecule has 1 rings (SSSR count). The molecule has 0 unspecified atom stereocenters. The first kappa shape index (κ1) is 10.3. The van der Waals surface area contributed by atoms with Crippen molar-refractivity contribution in [3.63, 3.8) is 0 Å². The van der Waals surface area contributed by atoms with Crippen LogP contribution in [0.5, 0.6) is 0 Å². The fourth-order valence-electron chi connectivity index (χ4n) is 1.10. The van der Waals surface area contributed by atoms with Crippen LogP contribution in [0.15, 0.2) is 18.2 Å². The number of carbonyl (C=O) groups is 2. The van der Waals surface area contributed by atoms with Gasteiger partial charge >= 0.3 is 0 Å². The lowest BCUT2D eigenvalue weighted by molar-refractivity contribution is -0.108. The van der Waals surface area contributed by atoms with Crippen molar-refractivity contribution >= 4 is 31.3 Å². The summed E-state index contributed by atoms with van der Waals surface area (Å²) in [6, 6.07) is 4.85. The lowest BCUT2D eigenvalue weighted by Gasteiger charge is -2.08. The van der Waals surface area contributed by atoms with Gasteiger partial charge in [-0.3, -0.25) is 14.9 Å². The van der Waals surface area contributed by atoms with E-state index in [2.05, 4.69) is 5.32 Å². The van der Waals surface area contributed by atoms with E-state index in [1.165, 1.54) is 6.07 Å². The predicted octanol–water partition coefficient (Wildman–Crippen LogP) is -0.592. The van der Waals surface area contributed by atoms with Crippen LogP contribution in [0.1, 0.15) is 10.4 Å². The minimum atomic E-state index is -0.475. The Morgan fingerprint density at radius 1 is 1.50 bits per heavy atom. The highest BCUT2D eigenvalue weighted by molar-refractivity contribution is 6.33. The molecular weight excluding hydrogens is 179 g/mol. The molecular formula is C9H9BN2O2. The van der Waals surface area contributed by atoms with Crippen LogP contribution in [0, 0.1) is 0 Å². The standard InChI is InChI=1S/C9H9BN2O2/c1-11-8-3-2-6(10)4-7(8)9(14)12-5-13/h2-5,11H,1H3,(H,12,13,14). The van der Waals surface area contributed by atoms with Gasteiger partial charge in [0.2, 0.25) is 6.41 Å². The average Bonchev–Trinajstić information content (AvgIpc) is 2.18. The molecule has 0 aliphatic heterocycles. The summed E-state index contributed by atoms with van der Waals surface area (Å²) in [6.45, 7) is 0. The van der Waals surface area contributed by atoms with E-state index in [0.29, 0.717) is 23.1 Å². The van der Waals surface area contributed by atoms with Crippen molar-refractivity contribution in [2.24, 2.45) is 0 Å². The van der Waals surface area contributed by atoms with E-state index in [9.17, 15) is 9.59 Å². The Morgan fingerprint density at radius 2 is 2.21 bits per heavy atom. The van der Waals surface area contributed by atoms with Crippen molar-refractivity contribution in [3.05, 3.63) is 23.8 Å². The van der Waals surface area contributed by atoms with Crippen LogP contribution in [0.25, 0.3) is 0 Å². The predicted molar refractivity (Wildman–Crippen MR) is 54.9 cm³/mol. The molecule has 1 aromatic carbocycles. The number of nitrogens with one attached hydrogen (secondary N) is 2. The Hall–Kier alpha value is -1.78. The van der Waals surface area contributed by atoms with Crippen molar-refractivity contribution in [1.29, 1.82) is 0 Å². The lowest BCUT2D eigenvalue weighted by Crippen LogP contribution is -2.23. The fraction of sp³-hybridized carbons (Fsp3) is 0.111. The number of imide groups is 1. The molecule has 4 nitrogen and oxygen atoms in total. The van der Waals surface area contributed by atoms with Crippen molar-refractivity contribution in [1.82, 2.24) is 5.32 Å². The van der Waals surface area contributed by atoms with Crippen LogP contribution in [-0.4, -0.2) is 27.2 Å². The van der Waals surface area contributed by atoms with Crippen molar-refractivity contribution in [2.75, 3.05) is 12.4 Å². The van der Waals surface area contributed by atoms with Crippen molar-refractivity contribution in [3.8, 4) is 0 Å². The normalized spacial score (nSPS) is 9.21. The van der Waals surface area contributed by atoms with Crippen LogP contribution >= 0.6 is 0 Å². The molecule has 0 aliphatic rings. The SMILES string of the molecule is [B]c1ccc(NC)c(C(=O)NC=O)c1. The van der Waals surface area contributed by atoms with Gasteiger partial charge in [-0.1, -0.05) is 17.6 Å². The number of benzene rings is 1. The molecule has 5 heteroatoms. The minimum Gasteiger partial charge on any atom is -0.387 e. The van der Waals surface area contributed by atoms with Crippen molar-refractivity contribution < 1.29 is 9.59 Å². The molecule has 0 fully saturated rings. The molecule has 2 N–H and O–H groups in total. The Kier molecular flexibility index (Phi) is 3.28. The third-order valence-corrected chi connectivity index (χ3v) is 1.75. The summed E-state index contributed by atoms with van der Waals surface area (Å²) in [6.07, 6.45) is 0.338. The third kappa shape index (κ3) is 2.13. The first-order valence-electron chi connectivity index (χ1n) is 4.01. The Labute approximate surface area is 83.1 Å². The first-order chi connectivity index (χ1) is 6.69. The topological polar surface area (TPSA) is 58.2 Å². The molecule has 0 aromatic heterocycles. The summed E-state index contributed by atoms with van der Waals surface area (Å²) in [7, 11) is 7.20. The van der Waals surface area contributed by atoms with E-state index in [-0.39, 0.29) is 0 Å². The lowest BCUT2D eigenvalue weighted by atomic mass is 9.93. The van der Waals surface area contributed by atoms with E-state index in [1.54, 1.807) is 19.2 Å². The van der Waals surface area contributed by atoms with Gasteiger partial charge in [0.05, 0.1) is 5.56 Å². The highest BCUT2D eigenvalue weighted by Crippen LogP contribution is 2.11. The maximum Gasteiger partial charge on any atom is 0.259 e. The number of anilines is 1. The molecule has 0 saturated heterocycles. The second-order valence-electron chi connectivity index (χ2n) is 2.65. The highest BCUT2D eigenvalue weighted by atomic mass is 16.2. The summed E-state index contributed by atoms with van der Waals surface area (Å²) in [4.78, 5) is 21.4. The van der Waals surface area contributed by atoms with Crippen LogP contribution in [0.2, 0.25) is 0 Å². The van der Waals surface area contributed by atoms with E-state index >= 15 is 0 Å². The van der Waals surface area contributed by atoms with Gasteiger partial charge in [-0.05, 0) is 6.07 Å². The van der Waals surface area contributed by atoms with Crippen LogP contribution in [0.3, 0.4) is 0 Å². The zero-order valence-electron chi connectivity index (χ0n) is 7.70. The quantitative estimate of drug-likeness (QED) is 0.492. The maximum atomic E-state index is 11.3. The van der Waals surface area contributed by atoms with Crippen LogP contribution in [-0.2, 0) is 4.79 Å². The second-order valence-corrected chi connectivity index (χ2v) is 2.65. The van der Waals surface area contributed by atoms with Gasteiger partial charge in [0.15, 0.2) is 0 Å². The van der Waals surface area contributed by atoms with Gasteiger partial charge in [-0.15, -0.1) is 0 Å². The number of hydrogen-bond acceptors (Lipinski definition) is 3. The summed E-state index contributed by atoms with van der Waals surface area (Å²) < 4.78 is 0. The summed E-state index contributed by atoms with van der Waals surface area (Å²) in [5, 5.41) is 4.88. The molecule has 0 atom stereocenters. The van der Waals surface area contributed by atoms with E-state index in [0.717, 1.165) is 0 Å². The van der Waals surface area contributed by atoms with Gasteiger partial charge < -0.3 is 5.32 Å². The highest BCUT2D eigenvalue weighted by Gasteiger charge is 2.09. The molecule has 0 saturated carbocycles. The number of hydrogen-bond donors (Lipinski definition) is 2. The Bertz CT molecular complexity index is 366. The molecule has 0 aliphatic carbocycles. The molecule has 70 valence electrons. The average molecular weight is 188 g/mol. The van der Waals surface area contributed by atoms with Crippen LogP contribution < -0.4 is 16.1 Å². The third-order valence-electron chi connectivity index (χ3n) is 1.75. The maximum absolute atomic E-state index is 11.3. The van der Waals surface area contributed by atoms with Gasteiger partial charge in [0.1, 0.15) is 7.85 Å². The molecule has 1 aromatic rings. The molecule has 0 heterocycles. The van der Waals surface area contributed by atoms with Crippen molar-refractivity contribution in [2.45, 2.75) is 0 Å². The van der Waals surface area contributed by atoms with Crippen LogP contribution in [0.4, 0.5) is 5.69 Å². The Balaban J connectivity index is 3.09. The number of rotatable bonds is 3. The van der Waals surface area contributed by atoms with E-state index in [4.69, 9.17) is 7.85 Å². The minimum absolute atomic E-state index is 0.338. The molecule has 0 spiro atoms. The monoisotopic (exact) mass is 188 g/mol. The van der Waals surface area contributed by atoms with E-state index in [1.807, 2.05) is 5.32 Å². The summed E-state index contributed by atoms with van der Waals surface area (Å²) in [5.41, 5.74) is 1.44. The fourth-order valence-corrected chi connectivity index (χ4v) is 1.10. The molecule has 2 amide bonds. The van der Waals surface area contributed by atoms with E-state index < -0.39 is 5.91 Å². The summed E-state index contributed by atoms with van der Waals surface area (Å²) in [5.74, 6) is -0.475. The zero-order valence-corrected chi connectivity index (χ0v) is 7.70. The van der Waals surface area contributed by atoms with Gasteiger partial charge in [0.25, 0.3) is 5.91 Å². The Morgan fingerprint density at radius 3 is 2.79 bits per heavy atom. The van der Waals surface area contributed by atoms with Gasteiger partial charge in [-0.2, -0.15) is 0 Å². The smallest absolute Gasteiger partial charge is 0.259 e. The zero-order chi connectivity index (χ0) is 10.6. The molecule has 2 radical (unpaired) electrons. The van der Waals surface area contributed by atoms with Gasteiger partial charge in [0, 0.05) is 12.7 Å². The molecule has 14 heavy (non-hydrogen) atoms. The van der Waals surface area contributed by atoms with Gasteiger partial charge in [-0.25, -0.2) is 0 Å². The second kappa shape index (κ2) is 4.46. The first-order valence-corrected chi connectivity index (χ1v) is 4.01. The largest absolute Gasteiger partial charge is 0.387 e. The molecule has 0 bridgehead atoms.